The van der Waals surface area contributed by atoms with Gasteiger partial charge in [-0.05, 0) is 18.2 Å². The molecule has 0 saturated carbocycles. The second-order valence-corrected chi connectivity index (χ2v) is 5.18. The number of halogens is 1. The van der Waals surface area contributed by atoms with Crippen molar-refractivity contribution in [3.05, 3.63) is 35.1 Å². The van der Waals surface area contributed by atoms with E-state index in [-0.39, 0.29) is 4.99 Å². The SMILES string of the molecule is NC(=S)c1ccnc(Nc2c(Cl)ccc3nsnc23)n1. The molecule has 2 heterocycles. The van der Waals surface area contributed by atoms with E-state index < -0.39 is 0 Å². The molecule has 0 unspecified atom stereocenters. The van der Waals surface area contributed by atoms with Gasteiger partial charge in [-0.3, -0.25) is 0 Å². The van der Waals surface area contributed by atoms with Crippen molar-refractivity contribution in [1.29, 1.82) is 0 Å². The highest BCUT2D eigenvalue weighted by atomic mass is 35.5. The second-order valence-electron chi connectivity index (χ2n) is 3.81. The highest BCUT2D eigenvalue weighted by Crippen LogP contribution is 2.31. The molecule has 0 atom stereocenters. The summed E-state index contributed by atoms with van der Waals surface area (Å²) in [7, 11) is 0. The van der Waals surface area contributed by atoms with Crippen LogP contribution in [0.1, 0.15) is 5.69 Å². The second kappa shape index (κ2) is 5.23. The maximum atomic E-state index is 6.18. The summed E-state index contributed by atoms with van der Waals surface area (Å²) in [5.74, 6) is 0.345. The summed E-state index contributed by atoms with van der Waals surface area (Å²) in [5.41, 5.74) is 8.07. The van der Waals surface area contributed by atoms with Gasteiger partial charge in [-0.15, -0.1) is 0 Å². The number of thiocarbonyl (C=S) groups is 1. The molecule has 1 aromatic carbocycles. The Bertz CT molecular complexity index is 802. The van der Waals surface area contributed by atoms with Crippen LogP contribution >= 0.6 is 35.5 Å². The molecule has 0 amide bonds. The zero-order chi connectivity index (χ0) is 14.1. The third-order valence-electron chi connectivity index (χ3n) is 2.52. The molecule has 0 aliphatic carbocycles. The van der Waals surface area contributed by atoms with Gasteiger partial charge in [-0.2, -0.15) is 8.75 Å². The van der Waals surface area contributed by atoms with Gasteiger partial charge in [0.1, 0.15) is 21.7 Å². The van der Waals surface area contributed by atoms with Crippen LogP contribution in [0.2, 0.25) is 5.02 Å². The lowest BCUT2D eigenvalue weighted by atomic mass is 10.2. The summed E-state index contributed by atoms with van der Waals surface area (Å²) < 4.78 is 8.37. The molecule has 0 radical (unpaired) electrons. The van der Waals surface area contributed by atoms with Crippen LogP contribution in [0.3, 0.4) is 0 Å². The van der Waals surface area contributed by atoms with Gasteiger partial charge in [0.25, 0.3) is 0 Å². The van der Waals surface area contributed by atoms with Gasteiger partial charge < -0.3 is 11.1 Å². The Morgan fingerprint density at radius 1 is 1.30 bits per heavy atom. The Morgan fingerprint density at radius 3 is 2.95 bits per heavy atom. The van der Waals surface area contributed by atoms with Gasteiger partial charge in [0.15, 0.2) is 0 Å². The molecule has 3 N–H and O–H groups in total. The number of fused-ring (bicyclic) bond motifs is 1. The summed E-state index contributed by atoms with van der Waals surface area (Å²) >= 11 is 12.2. The van der Waals surface area contributed by atoms with Crippen molar-refractivity contribution in [2.75, 3.05) is 5.32 Å². The number of nitrogens with one attached hydrogen (secondary N) is 1. The molecule has 20 heavy (non-hydrogen) atoms. The van der Waals surface area contributed by atoms with E-state index in [9.17, 15) is 0 Å². The Hall–Kier alpha value is -1.90. The van der Waals surface area contributed by atoms with E-state index in [0.29, 0.717) is 27.9 Å². The minimum atomic E-state index is 0.204. The number of benzene rings is 1. The van der Waals surface area contributed by atoms with E-state index in [1.54, 1.807) is 24.4 Å². The monoisotopic (exact) mass is 322 g/mol. The van der Waals surface area contributed by atoms with Crippen LogP contribution in [0.15, 0.2) is 24.4 Å². The Kier molecular flexibility index (Phi) is 3.43. The minimum Gasteiger partial charge on any atom is -0.388 e. The van der Waals surface area contributed by atoms with Crippen molar-refractivity contribution < 1.29 is 0 Å². The van der Waals surface area contributed by atoms with Crippen LogP contribution in [0.5, 0.6) is 0 Å². The summed E-state index contributed by atoms with van der Waals surface area (Å²) in [6.07, 6.45) is 1.57. The van der Waals surface area contributed by atoms with Crippen molar-refractivity contribution in [2.24, 2.45) is 5.73 Å². The van der Waals surface area contributed by atoms with Gasteiger partial charge >= 0.3 is 0 Å². The number of aromatic nitrogens is 4. The molecular weight excluding hydrogens is 316 g/mol. The molecule has 100 valence electrons. The summed E-state index contributed by atoms with van der Waals surface area (Å²) in [6.45, 7) is 0. The third-order valence-corrected chi connectivity index (χ3v) is 3.59. The molecule has 0 fully saturated rings. The predicted octanol–water partition coefficient (Wildman–Crippen LogP) is 2.51. The lowest BCUT2D eigenvalue weighted by Gasteiger charge is -2.07. The average molecular weight is 323 g/mol. The fraction of sp³-hybridized carbons (Fsp3) is 0. The van der Waals surface area contributed by atoms with Gasteiger partial charge in [0.2, 0.25) is 5.95 Å². The Morgan fingerprint density at radius 2 is 2.15 bits per heavy atom. The summed E-state index contributed by atoms with van der Waals surface area (Å²) in [5, 5.41) is 3.54. The van der Waals surface area contributed by atoms with E-state index in [0.717, 1.165) is 17.2 Å². The largest absolute Gasteiger partial charge is 0.388 e. The molecule has 2 aromatic heterocycles. The van der Waals surface area contributed by atoms with E-state index >= 15 is 0 Å². The standard InChI is InChI=1S/C11H7ClN6S2/c12-5-1-2-6-9(18-20-17-6)8(5)16-11-14-4-3-7(15-11)10(13)19/h1-4H,(H2,13,19)(H,14,15,16). The summed E-state index contributed by atoms with van der Waals surface area (Å²) in [4.78, 5) is 8.52. The first-order valence-corrected chi connectivity index (χ1v) is 6.97. The van der Waals surface area contributed by atoms with Crippen molar-refractivity contribution in [1.82, 2.24) is 18.7 Å². The smallest absolute Gasteiger partial charge is 0.227 e. The molecule has 0 bridgehead atoms. The number of hydrogen-bond donors (Lipinski definition) is 2. The van der Waals surface area contributed by atoms with Crippen molar-refractivity contribution in [2.45, 2.75) is 0 Å². The first kappa shape index (κ1) is 13.1. The molecule has 0 aliphatic heterocycles. The highest BCUT2D eigenvalue weighted by Gasteiger charge is 2.11. The number of nitrogens with zero attached hydrogens (tertiary/aromatic N) is 4. The van der Waals surface area contributed by atoms with Crippen LogP contribution in [0, 0.1) is 0 Å². The normalized spacial score (nSPS) is 10.7. The van der Waals surface area contributed by atoms with Crippen LogP contribution < -0.4 is 11.1 Å². The number of nitrogens with two attached hydrogens (primary N) is 1. The molecular formula is C11H7ClN6S2. The quantitative estimate of drug-likeness (QED) is 0.716. The van der Waals surface area contributed by atoms with E-state index in [4.69, 9.17) is 29.6 Å². The van der Waals surface area contributed by atoms with Gasteiger partial charge in [0, 0.05) is 6.20 Å². The zero-order valence-corrected chi connectivity index (χ0v) is 12.3. The fourth-order valence-electron chi connectivity index (χ4n) is 1.61. The Balaban J connectivity index is 2.05. The lowest BCUT2D eigenvalue weighted by Crippen LogP contribution is -2.12. The Labute approximate surface area is 128 Å². The molecule has 0 spiro atoms. The van der Waals surface area contributed by atoms with Gasteiger partial charge in [-0.1, -0.05) is 23.8 Å². The first-order valence-electron chi connectivity index (χ1n) is 5.46. The summed E-state index contributed by atoms with van der Waals surface area (Å²) in [6, 6.07) is 5.18. The third kappa shape index (κ3) is 2.40. The van der Waals surface area contributed by atoms with Crippen LogP contribution in [-0.2, 0) is 0 Å². The molecule has 0 saturated heterocycles. The number of rotatable bonds is 3. The van der Waals surface area contributed by atoms with Crippen molar-refractivity contribution in [3.8, 4) is 0 Å². The molecule has 3 rings (SSSR count). The van der Waals surface area contributed by atoms with E-state index in [2.05, 4.69) is 24.0 Å². The topological polar surface area (TPSA) is 89.6 Å². The maximum Gasteiger partial charge on any atom is 0.227 e. The minimum absolute atomic E-state index is 0.204. The van der Waals surface area contributed by atoms with Gasteiger partial charge in [-0.25, -0.2) is 9.97 Å². The fourth-order valence-corrected chi connectivity index (χ4v) is 2.47. The van der Waals surface area contributed by atoms with Crippen molar-refractivity contribution >= 4 is 63.2 Å². The van der Waals surface area contributed by atoms with E-state index in [1.807, 2.05) is 0 Å². The van der Waals surface area contributed by atoms with Crippen LogP contribution in [0.4, 0.5) is 11.6 Å². The molecule has 3 aromatic rings. The lowest BCUT2D eigenvalue weighted by molar-refractivity contribution is 1.15. The molecule has 0 aliphatic rings. The molecule has 9 heteroatoms. The zero-order valence-electron chi connectivity index (χ0n) is 9.87. The van der Waals surface area contributed by atoms with Gasteiger partial charge in [0.05, 0.1) is 22.4 Å². The highest BCUT2D eigenvalue weighted by molar-refractivity contribution is 7.80. The maximum absolute atomic E-state index is 6.18. The first-order chi connectivity index (χ1) is 9.65. The average Bonchev–Trinajstić information content (AvgIpc) is 2.91. The number of hydrogen-bond acceptors (Lipinski definition) is 7. The van der Waals surface area contributed by atoms with Crippen LogP contribution in [0.25, 0.3) is 11.0 Å². The predicted molar refractivity (Wildman–Crippen MR) is 83.6 cm³/mol. The number of anilines is 2. The van der Waals surface area contributed by atoms with Crippen molar-refractivity contribution in [3.63, 3.8) is 0 Å². The van der Waals surface area contributed by atoms with Crippen LogP contribution in [-0.4, -0.2) is 23.7 Å². The van der Waals surface area contributed by atoms with E-state index in [1.165, 1.54) is 0 Å². The molecule has 6 nitrogen and oxygen atoms in total.